The molecule has 6 nitrogen and oxygen atoms in total. The molecule has 1 amide bonds. The van der Waals surface area contributed by atoms with Crippen molar-refractivity contribution in [3.8, 4) is 0 Å². The summed E-state index contributed by atoms with van der Waals surface area (Å²) in [6.07, 6.45) is 1.84. The quantitative estimate of drug-likeness (QED) is 0.766. The lowest BCUT2D eigenvalue weighted by Crippen LogP contribution is -2.50. The van der Waals surface area contributed by atoms with Crippen LogP contribution in [0.3, 0.4) is 0 Å². The zero-order valence-corrected chi connectivity index (χ0v) is 17.3. The highest BCUT2D eigenvalue weighted by Crippen LogP contribution is 2.48. The summed E-state index contributed by atoms with van der Waals surface area (Å²) in [6, 6.07) is 7.62. The molecule has 4 rings (SSSR count). The number of anilines is 1. The number of benzene rings is 1. The van der Waals surface area contributed by atoms with Gasteiger partial charge < -0.3 is 15.8 Å². The Bertz CT molecular complexity index is 971. The number of amidine groups is 1. The maximum atomic E-state index is 15.0. The lowest BCUT2D eigenvalue weighted by atomic mass is 9.72. The van der Waals surface area contributed by atoms with E-state index in [0.29, 0.717) is 40.2 Å². The topological polar surface area (TPSA) is 89.6 Å². The van der Waals surface area contributed by atoms with Gasteiger partial charge >= 0.3 is 0 Å². The molecule has 1 fully saturated rings. The number of nitrogens with two attached hydrogens (primary N) is 1. The molecule has 1 aromatic carbocycles. The second-order valence-corrected chi connectivity index (χ2v) is 8.60. The number of aliphatic imine (C=N–C) groups is 1. The zero-order chi connectivity index (χ0) is 20.6. The van der Waals surface area contributed by atoms with Crippen molar-refractivity contribution in [3.63, 3.8) is 0 Å². The van der Waals surface area contributed by atoms with Crippen LogP contribution in [0.1, 0.15) is 29.4 Å². The summed E-state index contributed by atoms with van der Waals surface area (Å²) in [4.78, 5) is 21.2. The molecule has 2 aliphatic heterocycles. The first-order valence-electron chi connectivity index (χ1n) is 9.22. The van der Waals surface area contributed by atoms with E-state index < -0.39 is 11.4 Å². The summed E-state index contributed by atoms with van der Waals surface area (Å²) in [5.74, 6) is -0.112. The summed E-state index contributed by atoms with van der Waals surface area (Å²) in [6.45, 7) is 2.44. The van der Waals surface area contributed by atoms with E-state index in [2.05, 4.69) is 10.3 Å². The molecule has 29 heavy (non-hydrogen) atoms. The monoisotopic (exact) mass is 434 g/mol. The highest BCUT2D eigenvalue weighted by atomic mass is 35.5. The average molecular weight is 435 g/mol. The van der Waals surface area contributed by atoms with Crippen LogP contribution in [0.25, 0.3) is 0 Å². The number of nitrogens with zero attached hydrogens (tertiary/aromatic N) is 2. The number of carbonyl (C=O) groups is 1. The van der Waals surface area contributed by atoms with Crippen molar-refractivity contribution in [2.45, 2.75) is 25.0 Å². The van der Waals surface area contributed by atoms with E-state index in [0.717, 1.165) is 0 Å². The van der Waals surface area contributed by atoms with Gasteiger partial charge in [0.05, 0.1) is 16.7 Å². The normalized spacial score (nSPS) is 26.4. The van der Waals surface area contributed by atoms with Crippen LogP contribution in [0.2, 0.25) is 5.02 Å². The molecule has 3 heterocycles. The van der Waals surface area contributed by atoms with Crippen LogP contribution in [-0.2, 0) is 10.3 Å². The Kier molecular flexibility index (Phi) is 5.50. The van der Waals surface area contributed by atoms with E-state index in [4.69, 9.17) is 27.1 Å². The number of hydrogen-bond donors (Lipinski definition) is 2. The van der Waals surface area contributed by atoms with E-state index in [1.807, 2.05) is 6.92 Å². The van der Waals surface area contributed by atoms with Gasteiger partial charge in [0, 0.05) is 42.1 Å². The molecule has 152 valence electrons. The maximum absolute atomic E-state index is 15.0. The molecule has 0 radical (unpaired) electrons. The first-order chi connectivity index (χ1) is 13.9. The van der Waals surface area contributed by atoms with Gasteiger partial charge in [-0.1, -0.05) is 23.4 Å². The van der Waals surface area contributed by atoms with Gasteiger partial charge in [-0.3, -0.25) is 9.79 Å². The van der Waals surface area contributed by atoms with E-state index in [1.54, 1.807) is 12.1 Å². The second kappa shape index (κ2) is 7.93. The number of nitrogens with one attached hydrogen (secondary N) is 1. The highest BCUT2D eigenvalue weighted by Gasteiger charge is 2.49. The zero-order valence-electron chi connectivity index (χ0n) is 15.7. The smallest absolute Gasteiger partial charge is 0.274 e. The van der Waals surface area contributed by atoms with Crippen molar-refractivity contribution in [1.29, 1.82) is 0 Å². The van der Waals surface area contributed by atoms with Gasteiger partial charge in [0.2, 0.25) is 0 Å². The van der Waals surface area contributed by atoms with Crippen LogP contribution >= 0.6 is 23.4 Å². The molecule has 3 N–H and O–H groups in total. The van der Waals surface area contributed by atoms with Crippen LogP contribution in [0.4, 0.5) is 10.1 Å². The van der Waals surface area contributed by atoms with Crippen LogP contribution in [0, 0.1) is 11.7 Å². The predicted octanol–water partition coefficient (Wildman–Crippen LogP) is 3.81. The number of hydrogen-bond acceptors (Lipinski definition) is 6. The Balaban J connectivity index is 1.70. The van der Waals surface area contributed by atoms with Gasteiger partial charge in [0.25, 0.3) is 5.91 Å². The minimum Gasteiger partial charge on any atom is -0.379 e. The summed E-state index contributed by atoms with van der Waals surface area (Å²) in [7, 11) is 0. The fourth-order valence-electron chi connectivity index (χ4n) is 3.94. The average Bonchev–Trinajstić information content (AvgIpc) is 2.69. The van der Waals surface area contributed by atoms with Gasteiger partial charge in [-0.2, -0.15) is 0 Å². The minimum atomic E-state index is -0.809. The predicted molar refractivity (Wildman–Crippen MR) is 113 cm³/mol. The number of fused-ring (bicyclic) bond motifs is 1. The Morgan fingerprint density at radius 3 is 3.00 bits per heavy atom. The van der Waals surface area contributed by atoms with Gasteiger partial charge in [0.15, 0.2) is 5.17 Å². The molecule has 0 bridgehead atoms. The molecular weight excluding hydrogens is 415 g/mol. The van der Waals surface area contributed by atoms with Crippen LogP contribution in [0.5, 0.6) is 0 Å². The molecule has 1 saturated heterocycles. The molecule has 9 heteroatoms. The third-order valence-corrected chi connectivity index (χ3v) is 6.55. The van der Waals surface area contributed by atoms with Crippen molar-refractivity contribution in [3.05, 3.63) is 58.6 Å². The first kappa shape index (κ1) is 20.1. The van der Waals surface area contributed by atoms with Crippen LogP contribution in [0.15, 0.2) is 41.5 Å². The Labute approximate surface area is 177 Å². The van der Waals surface area contributed by atoms with E-state index >= 15 is 0 Å². The Morgan fingerprint density at radius 2 is 2.24 bits per heavy atom. The molecule has 0 saturated carbocycles. The summed E-state index contributed by atoms with van der Waals surface area (Å²) in [5, 5.41) is 3.65. The van der Waals surface area contributed by atoms with E-state index in [1.165, 1.54) is 36.2 Å². The number of rotatable bonds is 3. The number of amides is 1. The van der Waals surface area contributed by atoms with E-state index in [9.17, 15) is 9.18 Å². The number of carbonyl (C=O) groups excluding carboxylic acids is 1. The molecule has 3 atom stereocenters. The standard InChI is InChI=1S/C20H20ClFN4O2S/c1-11-15-10-29-19(23)26-20(15,6-7-28-11)14-8-13(3-4-16(14)22)25-18(27)17-5-2-12(21)9-24-17/h2-5,8-9,11,15H,6-7,10H2,1H3,(H2,23,26)(H,25,27)/t11-,15+,20-/m0/s1. The van der Waals surface area contributed by atoms with Gasteiger partial charge in [0.1, 0.15) is 11.5 Å². The van der Waals surface area contributed by atoms with Crippen molar-refractivity contribution in [1.82, 2.24) is 4.98 Å². The molecule has 1 aromatic heterocycles. The summed E-state index contributed by atoms with van der Waals surface area (Å²) in [5.41, 5.74) is 6.31. The largest absolute Gasteiger partial charge is 0.379 e. The number of thioether (sulfide) groups is 1. The molecule has 2 aromatic rings. The van der Waals surface area contributed by atoms with Crippen molar-refractivity contribution in [2.75, 3.05) is 17.7 Å². The number of pyridine rings is 1. The SMILES string of the molecule is C[C@@H]1OCC[C@@]2(c3cc(NC(=O)c4ccc(Cl)cn4)ccc3F)N=C(N)SC[C@H]12. The van der Waals surface area contributed by atoms with Crippen molar-refractivity contribution < 1.29 is 13.9 Å². The fraction of sp³-hybridized carbons (Fsp3) is 0.350. The Hall–Kier alpha value is -2.16. The van der Waals surface area contributed by atoms with Gasteiger partial charge in [-0.05, 0) is 37.3 Å². The van der Waals surface area contributed by atoms with Gasteiger partial charge in [-0.25, -0.2) is 9.37 Å². The summed E-state index contributed by atoms with van der Waals surface area (Å²) >= 11 is 7.27. The lowest BCUT2D eigenvalue weighted by Gasteiger charge is -2.47. The lowest BCUT2D eigenvalue weighted by molar-refractivity contribution is -0.0514. The molecule has 0 spiro atoms. The van der Waals surface area contributed by atoms with Crippen molar-refractivity contribution in [2.24, 2.45) is 16.6 Å². The molecule has 0 aliphatic carbocycles. The third kappa shape index (κ3) is 3.84. The fourth-order valence-corrected chi connectivity index (χ4v) is 5.18. The third-order valence-electron chi connectivity index (χ3n) is 5.42. The number of ether oxygens (including phenoxy) is 1. The molecule has 0 unspecified atom stereocenters. The highest BCUT2D eigenvalue weighted by molar-refractivity contribution is 8.13. The Morgan fingerprint density at radius 1 is 1.41 bits per heavy atom. The maximum Gasteiger partial charge on any atom is 0.274 e. The molecular formula is C20H20ClFN4O2S. The number of halogens is 2. The number of aromatic nitrogens is 1. The summed E-state index contributed by atoms with van der Waals surface area (Å²) < 4.78 is 20.8. The first-order valence-corrected chi connectivity index (χ1v) is 10.6. The van der Waals surface area contributed by atoms with E-state index in [-0.39, 0.29) is 23.5 Å². The van der Waals surface area contributed by atoms with Gasteiger partial charge in [-0.15, -0.1) is 0 Å². The molecule has 2 aliphatic rings. The minimum absolute atomic E-state index is 0.0214. The van der Waals surface area contributed by atoms with Crippen LogP contribution in [-0.4, -0.2) is 34.5 Å². The second-order valence-electron chi connectivity index (χ2n) is 7.13. The van der Waals surface area contributed by atoms with Crippen molar-refractivity contribution >= 4 is 40.1 Å². The van der Waals surface area contributed by atoms with Crippen LogP contribution < -0.4 is 11.1 Å².